The first-order chi connectivity index (χ1) is 7.66. The third-order valence-corrected chi connectivity index (χ3v) is 3.71. The molecule has 16 heavy (non-hydrogen) atoms. The Morgan fingerprint density at radius 1 is 1.44 bits per heavy atom. The van der Waals surface area contributed by atoms with Crippen LogP contribution in [0.15, 0.2) is 34.1 Å². The highest BCUT2D eigenvalue weighted by Gasteiger charge is 2.07. The molecular formula is C11H9BrN2S2. The second-order valence-electron chi connectivity index (χ2n) is 3.25. The van der Waals surface area contributed by atoms with Crippen LogP contribution < -0.4 is 5.73 Å². The zero-order chi connectivity index (χ0) is 11.5. The van der Waals surface area contributed by atoms with Crippen molar-refractivity contribution in [3.63, 3.8) is 0 Å². The zero-order valence-corrected chi connectivity index (χ0v) is 11.5. The van der Waals surface area contributed by atoms with Gasteiger partial charge in [0.1, 0.15) is 0 Å². The summed E-state index contributed by atoms with van der Waals surface area (Å²) in [6, 6.07) is 8.01. The van der Waals surface area contributed by atoms with Gasteiger partial charge in [-0.2, -0.15) is 0 Å². The molecule has 2 rings (SSSR count). The van der Waals surface area contributed by atoms with Crippen molar-refractivity contribution in [1.29, 1.82) is 0 Å². The first-order valence-electron chi connectivity index (χ1n) is 4.64. The average Bonchev–Trinajstić information content (AvgIpc) is 2.66. The van der Waals surface area contributed by atoms with E-state index in [0.717, 1.165) is 20.7 Å². The lowest BCUT2D eigenvalue weighted by atomic mass is 10.2. The summed E-state index contributed by atoms with van der Waals surface area (Å²) in [5.41, 5.74) is 7.54. The maximum absolute atomic E-state index is 5.49. The molecule has 1 heterocycles. The summed E-state index contributed by atoms with van der Waals surface area (Å²) in [7, 11) is 0. The lowest BCUT2D eigenvalue weighted by molar-refractivity contribution is 1.23. The van der Waals surface area contributed by atoms with Gasteiger partial charge in [0.2, 0.25) is 0 Å². The predicted molar refractivity (Wildman–Crippen MR) is 75.7 cm³/mol. The zero-order valence-electron chi connectivity index (χ0n) is 8.31. The van der Waals surface area contributed by atoms with Crippen molar-refractivity contribution < 1.29 is 0 Å². The van der Waals surface area contributed by atoms with E-state index in [0.29, 0.717) is 11.4 Å². The second kappa shape index (κ2) is 5.03. The summed E-state index contributed by atoms with van der Waals surface area (Å²) in [5.74, 6) is 0. The summed E-state index contributed by atoms with van der Waals surface area (Å²) in [6.07, 6.45) is 0.574. The van der Waals surface area contributed by atoms with Gasteiger partial charge in [0.15, 0.2) is 0 Å². The van der Waals surface area contributed by atoms with Gasteiger partial charge in [0.25, 0.3) is 0 Å². The number of benzene rings is 1. The molecule has 2 nitrogen and oxygen atoms in total. The van der Waals surface area contributed by atoms with Crippen molar-refractivity contribution in [3.8, 4) is 11.3 Å². The first kappa shape index (κ1) is 11.7. The minimum atomic E-state index is 0.480. The summed E-state index contributed by atoms with van der Waals surface area (Å²) >= 11 is 9.95. The Bertz CT molecular complexity index is 522. The molecule has 1 aromatic carbocycles. The Labute approximate surface area is 112 Å². The molecule has 0 aliphatic carbocycles. The molecule has 2 aromatic rings. The van der Waals surface area contributed by atoms with Crippen LogP contribution in [-0.4, -0.2) is 9.97 Å². The fraction of sp³-hybridized carbons (Fsp3) is 0.0909. The fourth-order valence-electron chi connectivity index (χ4n) is 1.33. The van der Waals surface area contributed by atoms with Gasteiger partial charge in [-0.1, -0.05) is 46.3 Å². The first-order valence-corrected chi connectivity index (χ1v) is 6.72. The minimum Gasteiger partial charge on any atom is -0.393 e. The van der Waals surface area contributed by atoms with Crippen LogP contribution in [0.25, 0.3) is 11.3 Å². The number of halogens is 1. The van der Waals surface area contributed by atoms with Crippen molar-refractivity contribution in [2.75, 3.05) is 0 Å². The van der Waals surface area contributed by atoms with E-state index in [2.05, 4.69) is 20.9 Å². The van der Waals surface area contributed by atoms with Crippen LogP contribution in [0.5, 0.6) is 0 Å². The van der Waals surface area contributed by atoms with Gasteiger partial charge in [0.05, 0.1) is 15.7 Å². The Morgan fingerprint density at radius 3 is 2.88 bits per heavy atom. The van der Waals surface area contributed by atoms with Crippen LogP contribution >= 0.6 is 39.5 Å². The molecule has 2 N–H and O–H groups in total. The molecular weight excluding hydrogens is 304 g/mol. The van der Waals surface area contributed by atoms with Gasteiger partial charge in [-0.15, -0.1) is 11.3 Å². The number of hydrogen-bond acceptors (Lipinski definition) is 3. The quantitative estimate of drug-likeness (QED) is 0.883. The summed E-state index contributed by atoms with van der Waals surface area (Å²) in [4.78, 5) is 4.98. The van der Waals surface area contributed by atoms with Crippen LogP contribution in [0.4, 0.5) is 0 Å². The third kappa shape index (κ3) is 2.66. The molecule has 0 spiro atoms. The number of thiazole rings is 1. The van der Waals surface area contributed by atoms with Crippen molar-refractivity contribution in [2.45, 2.75) is 6.42 Å². The highest BCUT2D eigenvalue weighted by Crippen LogP contribution is 2.28. The molecule has 0 aliphatic heterocycles. The van der Waals surface area contributed by atoms with E-state index in [4.69, 9.17) is 18.0 Å². The smallest absolute Gasteiger partial charge is 0.1000 e. The Balaban J connectivity index is 2.32. The van der Waals surface area contributed by atoms with Gasteiger partial charge >= 0.3 is 0 Å². The normalized spacial score (nSPS) is 10.3. The molecule has 0 saturated heterocycles. The van der Waals surface area contributed by atoms with Gasteiger partial charge < -0.3 is 5.73 Å². The van der Waals surface area contributed by atoms with Crippen molar-refractivity contribution in [1.82, 2.24) is 4.98 Å². The molecule has 0 bridgehead atoms. The van der Waals surface area contributed by atoms with E-state index in [9.17, 15) is 0 Å². The Kier molecular flexibility index (Phi) is 3.68. The number of thiocarbonyl (C=S) groups is 1. The van der Waals surface area contributed by atoms with Gasteiger partial charge in [0, 0.05) is 21.8 Å². The third-order valence-electron chi connectivity index (χ3n) is 2.03. The lowest BCUT2D eigenvalue weighted by Gasteiger charge is -1.99. The SMILES string of the molecule is NC(=S)Cc1nc(-c2ccccc2Br)cs1. The monoisotopic (exact) mass is 312 g/mol. The highest BCUT2D eigenvalue weighted by atomic mass is 79.9. The van der Waals surface area contributed by atoms with Crippen molar-refractivity contribution in [3.05, 3.63) is 39.1 Å². The number of hydrogen-bond donors (Lipinski definition) is 1. The topological polar surface area (TPSA) is 38.9 Å². The van der Waals surface area contributed by atoms with Gasteiger partial charge in [-0.3, -0.25) is 0 Å². The van der Waals surface area contributed by atoms with Crippen LogP contribution in [0.2, 0.25) is 0 Å². The molecule has 1 aromatic heterocycles. The van der Waals surface area contributed by atoms with E-state index in [1.165, 1.54) is 0 Å². The summed E-state index contributed by atoms with van der Waals surface area (Å²) in [5, 5.41) is 2.98. The van der Waals surface area contributed by atoms with E-state index in [-0.39, 0.29) is 0 Å². The molecule has 82 valence electrons. The predicted octanol–water partition coefficient (Wildman–Crippen LogP) is 3.40. The molecule has 0 amide bonds. The second-order valence-corrected chi connectivity index (χ2v) is 5.57. The summed E-state index contributed by atoms with van der Waals surface area (Å²) < 4.78 is 1.04. The average molecular weight is 313 g/mol. The lowest BCUT2D eigenvalue weighted by Crippen LogP contribution is -2.10. The van der Waals surface area contributed by atoms with Crippen LogP contribution in [0, 0.1) is 0 Å². The summed E-state index contributed by atoms with van der Waals surface area (Å²) in [6.45, 7) is 0. The Morgan fingerprint density at radius 2 is 2.19 bits per heavy atom. The van der Waals surface area contributed by atoms with Crippen LogP contribution in [-0.2, 0) is 6.42 Å². The maximum atomic E-state index is 5.49. The molecule has 0 fully saturated rings. The van der Waals surface area contributed by atoms with Gasteiger partial charge in [-0.25, -0.2) is 4.98 Å². The van der Waals surface area contributed by atoms with Crippen LogP contribution in [0.3, 0.4) is 0 Å². The maximum Gasteiger partial charge on any atom is 0.1000 e. The van der Waals surface area contributed by atoms with E-state index in [1.54, 1.807) is 11.3 Å². The van der Waals surface area contributed by atoms with Gasteiger partial charge in [-0.05, 0) is 6.07 Å². The molecule has 0 aliphatic rings. The van der Waals surface area contributed by atoms with Crippen molar-refractivity contribution in [2.24, 2.45) is 5.73 Å². The minimum absolute atomic E-state index is 0.480. The number of rotatable bonds is 3. The highest BCUT2D eigenvalue weighted by molar-refractivity contribution is 9.10. The molecule has 0 radical (unpaired) electrons. The number of nitrogens with two attached hydrogens (primary N) is 1. The molecule has 0 saturated carbocycles. The van der Waals surface area contributed by atoms with Crippen molar-refractivity contribution >= 4 is 44.5 Å². The largest absolute Gasteiger partial charge is 0.393 e. The van der Waals surface area contributed by atoms with E-state index >= 15 is 0 Å². The van der Waals surface area contributed by atoms with E-state index in [1.807, 2.05) is 29.6 Å². The molecule has 5 heteroatoms. The van der Waals surface area contributed by atoms with Crippen LogP contribution in [0.1, 0.15) is 5.01 Å². The molecule has 0 atom stereocenters. The number of aromatic nitrogens is 1. The fourth-order valence-corrected chi connectivity index (χ4v) is 2.87. The number of nitrogens with zero attached hydrogens (tertiary/aromatic N) is 1. The standard InChI is InChI=1S/C11H9BrN2S2/c12-8-4-2-1-3-7(8)9-6-16-11(14-9)5-10(13)15/h1-4,6H,5H2,(H2,13,15). The Hall–Kier alpha value is -0.780. The van der Waals surface area contributed by atoms with E-state index < -0.39 is 0 Å². The molecule has 0 unspecified atom stereocenters.